The molecule has 0 unspecified atom stereocenters. The Bertz CT molecular complexity index is 1510. The number of rotatable bonds is 20. The van der Waals surface area contributed by atoms with Gasteiger partial charge in [-0.1, -0.05) is 88.4 Å². The lowest BCUT2D eigenvalue weighted by Gasteiger charge is -2.33. The number of carbonyl (C=O) groups excluding carboxylic acids is 5. The zero-order valence-corrected chi connectivity index (χ0v) is 32.3. The molecule has 2 fully saturated rings. The minimum atomic E-state index is -1.03. The van der Waals surface area contributed by atoms with Crippen molar-refractivity contribution in [2.24, 2.45) is 11.8 Å². The van der Waals surface area contributed by atoms with Crippen LogP contribution in [0, 0.1) is 11.8 Å². The van der Waals surface area contributed by atoms with Crippen molar-refractivity contribution in [3.8, 4) is 0 Å². The molecule has 2 saturated heterocycles. The summed E-state index contributed by atoms with van der Waals surface area (Å²) in [5.41, 5.74) is 0.926. The summed E-state index contributed by atoms with van der Waals surface area (Å²) < 4.78 is 10.8. The lowest BCUT2D eigenvalue weighted by Crippen LogP contribution is -2.59. The van der Waals surface area contributed by atoms with Crippen molar-refractivity contribution in [1.82, 2.24) is 25.8 Å². The van der Waals surface area contributed by atoms with Gasteiger partial charge in [-0.05, 0) is 55.6 Å². The normalized spacial score (nSPS) is 19.5. The number of benzene rings is 2. The van der Waals surface area contributed by atoms with Crippen molar-refractivity contribution >= 4 is 29.4 Å². The SMILES string of the molecule is CC(C)C[C@H](NC(=O)[C@H](Cc1ccccc1)NC(=O)[C@H](CC(C)C)N(C)C(=O)[C@H](CCc1ccccc1)NC(=O)CN1CCOCC1)C(=O)[C@]1(C)CO1. The van der Waals surface area contributed by atoms with Crippen molar-refractivity contribution < 1.29 is 33.4 Å². The van der Waals surface area contributed by atoms with Crippen LogP contribution < -0.4 is 16.0 Å². The highest BCUT2D eigenvalue weighted by Crippen LogP contribution is 2.29. The maximum atomic E-state index is 14.3. The van der Waals surface area contributed by atoms with Gasteiger partial charge in [0.1, 0.15) is 23.7 Å². The summed E-state index contributed by atoms with van der Waals surface area (Å²) in [6.45, 7) is 12.4. The first-order valence-electron chi connectivity index (χ1n) is 19.0. The van der Waals surface area contributed by atoms with Crippen LogP contribution in [0.1, 0.15) is 65.0 Å². The molecule has 2 aromatic rings. The highest BCUT2D eigenvalue weighted by atomic mass is 16.6. The van der Waals surface area contributed by atoms with E-state index in [-0.39, 0.29) is 42.4 Å². The van der Waals surface area contributed by atoms with Crippen LogP contribution in [-0.4, -0.2) is 115 Å². The Morgan fingerprint density at radius 2 is 1.34 bits per heavy atom. The van der Waals surface area contributed by atoms with Crippen molar-refractivity contribution in [2.45, 2.75) is 96.5 Å². The predicted octanol–water partition coefficient (Wildman–Crippen LogP) is 2.93. The van der Waals surface area contributed by atoms with Gasteiger partial charge < -0.3 is 30.3 Å². The van der Waals surface area contributed by atoms with Crippen LogP contribution in [0.5, 0.6) is 0 Å². The third-order valence-electron chi connectivity index (χ3n) is 9.84. The molecule has 0 aliphatic carbocycles. The molecule has 2 aliphatic heterocycles. The molecule has 53 heavy (non-hydrogen) atoms. The maximum Gasteiger partial charge on any atom is 0.245 e. The summed E-state index contributed by atoms with van der Waals surface area (Å²) in [6.07, 6.45) is 1.81. The average molecular weight is 734 g/mol. The summed E-state index contributed by atoms with van der Waals surface area (Å²) in [7, 11) is 1.58. The average Bonchev–Trinajstić information content (AvgIpc) is 3.89. The molecule has 0 spiro atoms. The van der Waals surface area contributed by atoms with Crippen molar-refractivity contribution in [1.29, 1.82) is 0 Å². The maximum absolute atomic E-state index is 14.3. The predicted molar refractivity (Wildman–Crippen MR) is 203 cm³/mol. The van der Waals surface area contributed by atoms with Crippen LogP contribution in [0.4, 0.5) is 0 Å². The minimum Gasteiger partial charge on any atom is -0.379 e. The third-order valence-corrected chi connectivity index (χ3v) is 9.84. The number of aryl methyl sites for hydroxylation is 1. The number of ketones is 1. The Morgan fingerprint density at radius 1 is 0.774 bits per heavy atom. The van der Waals surface area contributed by atoms with Gasteiger partial charge in [-0.15, -0.1) is 0 Å². The number of nitrogens with one attached hydrogen (secondary N) is 3. The van der Waals surface area contributed by atoms with Gasteiger partial charge >= 0.3 is 0 Å². The molecule has 5 atom stereocenters. The van der Waals surface area contributed by atoms with Crippen LogP contribution >= 0.6 is 0 Å². The van der Waals surface area contributed by atoms with Gasteiger partial charge in [-0.25, -0.2) is 0 Å². The van der Waals surface area contributed by atoms with Gasteiger partial charge in [0.2, 0.25) is 23.6 Å². The number of Topliss-reactive ketones (excluding diaryl/α,β-unsaturated/α-hetero) is 1. The quantitative estimate of drug-likeness (QED) is 0.176. The first-order valence-corrected chi connectivity index (χ1v) is 19.0. The largest absolute Gasteiger partial charge is 0.379 e. The standard InChI is InChI=1S/C41H59N5O7/c1-28(2)23-33(37(48)41(5)27-53-41)43-38(49)34(25-31-15-11-8-12-16-31)44-39(50)35(24-29(3)4)45(6)40(51)32(18-17-30-13-9-7-10-14-30)42-36(47)26-46-19-21-52-22-20-46/h7-16,28-29,32-35H,17-27H2,1-6H3,(H,42,47)(H,43,49)(H,44,50)/t32-,33-,34-,35-,41-/m0/s1. The molecule has 0 saturated carbocycles. The number of likely N-dealkylation sites (N-methyl/N-ethyl adjacent to an activating group) is 1. The second-order valence-electron chi connectivity index (χ2n) is 15.5. The molecular weight excluding hydrogens is 674 g/mol. The highest BCUT2D eigenvalue weighted by Gasteiger charge is 2.50. The molecule has 0 radical (unpaired) electrons. The number of ether oxygens (including phenoxy) is 2. The van der Waals surface area contributed by atoms with Gasteiger partial charge in [0, 0.05) is 26.6 Å². The van der Waals surface area contributed by atoms with Crippen LogP contribution in [0.25, 0.3) is 0 Å². The number of nitrogens with zero attached hydrogens (tertiary/aromatic N) is 2. The van der Waals surface area contributed by atoms with E-state index in [1.165, 1.54) is 4.90 Å². The van der Waals surface area contributed by atoms with E-state index >= 15 is 0 Å². The van der Waals surface area contributed by atoms with Gasteiger partial charge in [-0.2, -0.15) is 0 Å². The fourth-order valence-electron chi connectivity index (χ4n) is 6.62. The molecule has 0 aromatic heterocycles. The van der Waals surface area contributed by atoms with E-state index in [0.717, 1.165) is 11.1 Å². The highest BCUT2D eigenvalue weighted by molar-refractivity contribution is 5.98. The molecule has 3 N–H and O–H groups in total. The lowest BCUT2D eigenvalue weighted by molar-refractivity contribution is -0.143. The van der Waals surface area contributed by atoms with E-state index in [1.807, 2.05) is 93.3 Å². The van der Waals surface area contributed by atoms with Crippen molar-refractivity contribution in [2.75, 3.05) is 46.5 Å². The second kappa shape index (κ2) is 19.8. The number of carbonyl (C=O) groups is 5. The molecule has 12 nitrogen and oxygen atoms in total. The summed E-state index contributed by atoms with van der Waals surface area (Å²) in [5, 5.41) is 8.86. The molecular formula is C41H59N5O7. The number of morpholine rings is 1. The Morgan fingerprint density at radius 3 is 1.91 bits per heavy atom. The fourth-order valence-corrected chi connectivity index (χ4v) is 6.62. The second-order valence-corrected chi connectivity index (χ2v) is 15.5. The minimum absolute atomic E-state index is 0.0217. The smallest absolute Gasteiger partial charge is 0.245 e. The molecule has 4 rings (SSSR count). The zero-order chi connectivity index (χ0) is 38.5. The third kappa shape index (κ3) is 13.0. The van der Waals surface area contributed by atoms with E-state index in [4.69, 9.17) is 9.47 Å². The monoisotopic (exact) mass is 733 g/mol. The molecule has 2 aromatic carbocycles. The van der Waals surface area contributed by atoms with Crippen LogP contribution in [0.3, 0.4) is 0 Å². The number of amides is 4. The first-order chi connectivity index (χ1) is 25.3. The molecule has 2 aliphatic rings. The van der Waals surface area contributed by atoms with Gasteiger partial charge in [0.15, 0.2) is 5.78 Å². The van der Waals surface area contributed by atoms with Crippen LogP contribution in [0.2, 0.25) is 0 Å². The Balaban J connectivity index is 1.55. The van der Waals surface area contributed by atoms with E-state index in [0.29, 0.717) is 58.6 Å². The number of hydrogen-bond acceptors (Lipinski definition) is 8. The van der Waals surface area contributed by atoms with Crippen molar-refractivity contribution in [3.05, 3.63) is 71.8 Å². The first kappa shape index (κ1) is 41.6. The van der Waals surface area contributed by atoms with E-state index < -0.39 is 41.6 Å². The van der Waals surface area contributed by atoms with E-state index in [2.05, 4.69) is 16.0 Å². The Hall–Kier alpha value is -4.13. The summed E-state index contributed by atoms with van der Waals surface area (Å²) >= 11 is 0. The van der Waals surface area contributed by atoms with Crippen LogP contribution in [0.15, 0.2) is 60.7 Å². The fraction of sp³-hybridized carbons (Fsp3) is 0.585. The van der Waals surface area contributed by atoms with Gasteiger partial charge in [-0.3, -0.25) is 28.9 Å². The Kier molecular flexibility index (Phi) is 15.6. The topological polar surface area (TPSA) is 150 Å². The van der Waals surface area contributed by atoms with Gasteiger partial charge in [0.25, 0.3) is 0 Å². The lowest BCUT2D eigenvalue weighted by atomic mass is 9.93. The molecule has 12 heteroatoms. The van der Waals surface area contributed by atoms with Crippen LogP contribution in [-0.2, 0) is 46.3 Å². The van der Waals surface area contributed by atoms with Crippen molar-refractivity contribution in [3.63, 3.8) is 0 Å². The molecule has 2 heterocycles. The summed E-state index contributed by atoms with van der Waals surface area (Å²) in [5.74, 6) is -1.69. The zero-order valence-electron chi connectivity index (χ0n) is 32.3. The molecule has 0 bridgehead atoms. The van der Waals surface area contributed by atoms with E-state index in [1.54, 1.807) is 14.0 Å². The number of epoxide rings is 1. The summed E-state index contributed by atoms with van der Waals surface area (Å²) in [4.78, 5) is 72.7. The molecule has 290 valence electrons. The molecule has 4 amide bonds. The summed E-state index contributed by atoms with van der Waals surface area (Å²) in [6, 6.07) is 15.5. The van der Waals surface area contributed by atoms with Gasteiger partial charge in [0.05, 0.1) is 32.4 Å². The Labute approximate surface area is 314 Å². The van der Waals surface area contributed by atoms with E-state index in [9.17, 15) is 24.0 Å². The number of hydrogen-bond donors (Lipinski definition) is 3.